The largest absolute Gasteiger partial charge is 0.454 e. The van der Waals surface area contributed by atoms with Crippen LogP contribution in [-0.4, -0.2) is 34.4 Å². The SMILES string of the molecule is O=C(Nc1ccccc1Oc1cccnc1)[C@H]1CCCN1C1CCCC1. The zero-order chi connectivity index (χ0) is 17.8. The zero-order valence-electron chi connectivity index (χ0n) is 14.9. The molecule has 1 saturated heterocycles. The maximum Gasteiger partial charge on any atom is 0.241 e. The molecule has 1 amide bonds. The van der Waals surface area contributed by atoms with Gasteiger partial charge in [-0.25, -0.2) is 0 Å². The number of hydrogen-bond donors (Lipinski definition) is 1. The predicted octanol–water partition coefficient (Wildman–Crippen LogP) is 4.22. The van der Waals surface area contributed by atoms with Crippen molar-refractivity contribution in [3.05, 3.63) is 48.8 Å². The van der Waals surface area contributed by atoms with Crippen LogP contribution in [0.3, 0.4) is 0 Å². The number of pyridine rings is 1. The summed E-state index contributed by atoms with van der Waals surface area (Å²) < 4.78 is 5.91. The second kappa shape index (κ2) is 7.87. The first kappa shape index (κ1) is 17.0. The van der Waals surface area contributed by atoms with Gasteiger partial charge in [0.15, 0.2) is 5.75 Å². The lowest BCUT2D eigenvalue weighted by molar-refractivity contribution is -0.121. The van der Waals surface area contributed by atoms with Crippen molar-refractivity contribution in [1.29, 1.82) is 0 Å². The third-order valence-electron chi connectivity index (χ3n) is 5.40. The van der Waals surface area contributed by atoms with E-state index in [9.17, 15) is 4.79 Å². The number of carbonyl (C=O) groups is 1. The second-order valence-corrected chi connectivity index (χ2v) is 7.11. The van der Waals surface area contributed by atoms with Gasteiger partial charge in [0.25, 0.3) is 0 Å². The Labute approximate surface area is 154 Å². The normalized spacial score (nSPS) is 21.0. The molecule has 1 aromatic carbocycles. The van der Waals surface area contributed by atoms with E-state index in [2.05, 4.69) is 15.2 Å². The van der Waals surface area contributed by atoms with Crippen LogP contribution >= 0.6 is 0 Å². The monoisotopic (exact) mass is 351 g/mol. The minimum absolute atomic E-state index is 0.0236. The predicted molar refractivity (Wildman–Crippen MR) is 101 cm³/mol. The van der Waals surface area contributed by atoms with Crippen molar-refractivity contribution < 1.29 is 9.53 Å². The van der Waals surface area contributed by atoms with Crippen molar-refractivity contribution in [3.8, 4) is 11.5 Å². The Morgan fingerprint density at radius 3 is 2.73 bits per heavy atom. The van der Waals surface area contributed by atoms with Gasteiger partial charge >= 0.3 is 0 Å². The standard InChI is InChI=1S/C21H25N3O2/c25-21(19-11-6-14-24(19)16-7-1-2-8-16)23-18-10-3-4-12-20(18)26-17-9-5-13-22-15-17/h3-5,9-10,12-13,15-16,19H,1-2,6-8,11,14H2,(H,23,25)/t19-/m1/s1. The van der Waals surface area contributed by atoms with Crippen LogP contribution in [0.1, 0.15) is 38.5 Å². The van der Waals surface area contributed by atoms with E-state index >= 15 is 0 Å². The molecule has 0 spiro atoms. The van der Waals surface area contributed by atoms with E-state index in [1.54, 1.807) is 12.4 Å². The first-order valence-electron chi connectivity index (χ1n) is 9.55. The van der Waals surface area contributed by atoms with Crippen LogP contribution in [0.4, 0.5) is 5.69 Å². The average Bonchev–Trinajstić information content (AvgIpc) is 3.35. The van der Waals surface area contributed by atoms with Gasteiger partial charge in [-0.1, -0.05) is 25.0 Å². The molecule has 1 aliphatic heterocycles. The Bertz CT molecular complexity index is 744. The Balaban J connectivity index is 1.47. The molecule has 1 atom stereocenters. The van der Waals surface area contributed by atoms with Gasteiger partial charge in [0.2, 0.25) is 5.91 Å². The summed E-state index contributed by atoms with van der Waals surface area (Å²) in [6.07, 6.45) is 10.4. The van der Waals surface area contributed by atoms with Crippen molar-refractivity contribution in [2.45, 2.75) is 50.6 Å². The molecular formula is C21H25N3O2. The number of aromatic nitrogens is 1. The number of likely N-dealkylation sites (tertiary alicyclic amines) is 1. The van der Waals surface area contributed by atoms with Gasteiger partial charge in [-0.05, 0) is 56.5 Å². The highest BCUT2D eigenvalue weighted by Crippen LogP contribution is 2.32. The first-order valence-corrected chi connectivity index (χ1v) is 9.55. The number of anilines is 1. The molecule has 2 fully saturated rings. The molecule has 136 valence electrons. The fourth-order valence-corrected chi connectivity index (χ4v) is 4.15. The molecule has 2 heterocycles. The van der Waals surface area contributed by atoms with Crippen LogP contribution in [0.15, 0.2) is 48.8 Å². The van der Waals surface area contributed by atoms with Crippen LogP contribution in [0.5, 0.6) is 11.5 Å². The summed E-state index contributed by atoms with van der Waals surface area (Å²) in [6, 6.07) is 11.8. The number of benzene rings is 1. The van der Waals surface area contributed by atoms with E-state index in [1.165, 1.54) is 25.7 Å². The van der Waals surface area contributed by atoms with Gasteiger partial charge in [0.1, 0.15) is 5.75 Å². The third-order valence-corrected chi connectivity index (χ3v) is 5.40. The lowest BCUT2D eigenvalue weighted by atomic mass is 10.1. The Kier molecular flexibility index (Phi) is 5.16. The minimum Gasteiger partial charge on any atom is -0.454 e. The number of carbonyl (C=O) groups excluding carboxylic acids is 1. The van der Waals surface area contributed by atoms with Gasteiger partial charge in [-0.2, -0.15) is 0 Å². The summed E-state index contributed by atoms with van der Waals surface area (Å²) in [5.41, 5.74) is 0.708. The molecule has 26 heavy (non-hydrogen) atoms. The number of para-hydroxylation sites is 2. The van der Waals surface area contributed by atoms with E-state index < -0.39 is 0 Å². The summed E-state index contributed by atoms with van der Waals surface area (Å²) in [5.74, 6) is 1.37. The molecule has 1 saturated carbocycles. The molecule has 1 aliphatic carbocycles. The average molecular weight is 351 g/mol. The van der Waals surface area contributed by atoms with Crippen molar-refractivity contribution >= 4 is 11.6 Å². The fraction of sp³-hybridized carbons (Fsp3) is 0.429. The number of rotatable bonds is 5. The van der Waals surface area contributed by atoms with Crippen LogP contribution in [0.2, 0.25) is 0 Å². The molecule has 0 radical (unpaired) electrons. The van der Waals surface area contributed by atoms with Crippen molar-refractivity contribution in [3.63, 3.8) is 0 Å². The lowest BCUT2D eigenvalue weighted by Gasteiger charge is -2.29. The van der Waals surface area contributed by atoms with E-state index in [1.807, 2.05) is 36.4 Å². The molecular weight excluding hydrogens is 326 g/mol. The van der Waals surface area contributed by atoms with Gasteiger partial charge in [-0.3, -0.25) is 14.7 Å². The van der Waals surface area contributed by atoms with Gasteiger partial charge in [0.05, 0.1) is 17.9 Å². The highest BCUT2D eigenvalue weighted by atomic mass is 16.5. The number of amides is 1. The molecule has 2 aliphatic rings. The summed E-state index contributed by atoms with van der Waals surface area (Å²) >= 11 is 0. The smallest absolute Gasteiger partial charge is 0.241 e. The van der Waals surface area contributed by atoms with Crippen LogP contribution in [-0.2, 0) is 4.79 Å². The summed E-state index contributed by atoms with van der Waals surface area (Å²) in [5, 5.41) is 3.10. The minimum atomic E-state index is -0.0236. The molecule has 0 bridgehead atoms. The summed E-state index contributed by atoms with van der Waals surface area (Å²) in [7, 11) is 0. The molecule has 5 nitrogen and oxygen atoms in total. The summed E-state index contributed by atoms with van der Waals surface area (Å²) in [6.45, 7) is 1.04. The van der Waals surface area contributed by atoms with Gasteiger partial charge < -0.3 is 10.1 Å². The van der Waals surface area contributed by atoms with Crippen LogP contribution in [0.25, 0.3) is 0 Å². The number of nitrogens with zero attached hydrogens (tertiary/aromatic N) is 2. The maximum atomic E-state index is 13.0. The molecule has 0 unspecified atom stereocenters. The summed E-state index contributed by atoms with van der Waals surface area (Å²) in [4.78, 5) is 19.5. The van der Waals surface area contributed by atoms with Gasteiger partial charge in [0, 0.05) is 12.2 Å². The van der Waals surface area contributed by atoms with Gasteiger partial charge in [-0.15, -0.1) is 0 Å². The van der Waals surface area contributed by atoms with Crippen LogP contribution < -0.4 is 10.1 Å². The fourth-order valence-electron chi connectivity index (χ4n) is 4.15. The zero-order valence-corrected chi connectivity index (χ0v) is 14.9. The highest BCUT2D eigenvalue weighted by Gasteiger charge is 2.36. The Hall–Kier alpha value is -2.40. The topological polar surface area (TPSA) is 54.5 Å². The quantitative estimate of drug-likeness (QED) is 0.876. The Morgan fingerprint density at radius 2 is 1.92 bits per heavy atom. The molecule has 2 aromatic rings. The first-order chi connectivity index (χ1) is 12.8. The van der Waals surface area contributed by atoms with E-state index in [4.69, 9.17) is 4.74 Å². The van der Waals surface area contributed by atoms with Crippen molar-refractivity contribution in [1.82, 2.24) is 9.88 Å². The molecule has 1 aromatic heterocycles. The van der Waals surface area contributed by atoms with Crippen molar-refractivity contribution in [2.24, 2.45) is 0 Å². The van der Waals surface area contributed by atoms with E-state index in [0.29, 0.717) is 23.2 Å². The molecule has 5 heteroatoms. The van der Waals surface area contributed by atoms with E-state index in [-0.39, 0.29) is 11.9 Å². The molecule has 4 rings (SSSR count). The highest BCUT2D eigenvalue weighted by molar-refractivity contribution is 5.96. The Morgan fingerprint density at radius 1 is 1.08 bits per heavy atom. The van der Waals surface area contributed by atoms with Crippen molar-refractivity contribution in [2.75, 3.05) is 11.9 Å². The van der Waals surface area contributed by atoms with E-state index in [0.717, 1.165) is 19.4 Å². The maximum absolute atomic E-state index is 13.0. The third kappa shape index (κ3) is 3.73. The molecule has 1 N–H and O–H groups in total. The second-order valence-electron chi connectivity index (χ2n) is 7.11. The lowest BCUT2D eigenvalue weighted by Crippen LogP contribution is -2.44. The van der Waals surface area contributed by atoms with Crippen LogP contribution in [0, 0.1) is 0 Å². The number of nitrogens with one attached hydrogen (secondary N) is 1. The number of ether oxygens (including phenoxy) is 1. The number of hydrogen-bond acceptors (Lipinski definition) is 4.